The molecule has 1 aliphatic heterocycles. The first kappa shape index (κ1) is 12.2. The fourth-order valence-electron chi connectivity index (χ4n) is 1.31. The number of imide groups is 1. The highest BCUT2D eigenvalue weighted by atomic mass is 16.4. The van der Waals surface area contributed by atoms with Gasteiger partial charge in [0.15, 0.2) is 0 Å². The minimum atomic E-state index is -1.05. The second-order valence-corrected chi connectivity index (χ2v) is 3.45. The summed E-state index contributed by atoms with van der Waals surface area (Å²) in [6.07, 6.45) is 4.15. The van der Waals surface area contributed by atoms with Crippen LogP contribution in [0.15, 0.2) is 12.2 Å². The first-order chi connectivity index (χ1) is 7.59. The summed E-state index contributed by atoms with van der Waals surface area (Å²) < 4.78 is 0. The zero-order chi connectivity index (χ0) is 12.0. The van der Waals surface area contributed by atoms with Crippen molar-refractivity contribution < 1.29 is 19.5 Å². The molecule has 0 aromatic heterocycles. The van der Waals surface area contributed by atoms with Crippen molar-refractivity contribution in [1.82, 2.24) is 10.2 Å². The number of nitrogens with zero attached hydrogens (tertiary/aromatic N) is 1. The van der Waals surface area contributed by atoms with Gasteiger partial charge in [0.2, 0.25) is 5.91 Å². The molecule has 0 spiro atoms. The van der Waals surface area contributed by atoms with Crippen LogP contribution >= 0.6 is 0 Å². The lowest BCUT2D eigenvalue weighted by Gasteiger charge is -2.22. The first-order valence-electron chi connectivity index (χ1n) is 5.05. The molecular formula is C10H14N2O4. The van der Waals surface area contributed by atoms with E-state index in [2.05, 4.69) is 5.32 Å². The number of carboxylic acid groups (broad SMARTS) is 1. The Morgan fingerprint density at radius 1 is 1.25 bits per heavy atom. The van der Waals surface area contributed by atoms with Gasteiger partial charge in [-0.25, -0.2) is 4.79 Å². The average molecular weight is 226 g/mol. The second kappa shape index (κ2) is 5.89. The molecule has 0 aromatic carbocycles. The molecule has 3 amide bonds. The molecule has 0 atom stereocenters. The topological polar surface area (TPSA) is 86.7 Å². The lowest BCUT2D eigenvalue weighted by Crippen LogP contribution is -2.44. The van der Waals surface area contributed by atoms with E-state index in [0.717, 1.165) is 6.42 Å². The summed E-state index contributed by atoms with van der Waals surface area (Å²) in [5.41, 5.74) is 0. The molecule has 0 radical (unpaired) electrons. The van der Waals surface area contributed by atoms with Gasteiger partial charge in [-0.2, -0.15) is 0 Å². The highest BCUT2D eigenvalue weighted by molar-refractivity contribution is 5.95. The van der Waals surface area contributed by atoms with Crippen molar-refractivity contribution >= 4 is 17.9 Å². The van der Waals surface area contributed by atoms with Crippen LogP contribution in [0.2, 0.25) is 0 Å². The Balaban J connectivity index is 2.30. The monoisotopic (exact) mass is 226 g/mol. The van der Waals surface area contributed by atoms with Crippen molar-refractivity contribution in [3.63, 3.8) is 0 Å². The molecule has 88 valence electrons. The third-order valence-electron chi connectivity index (χ3n) is 2.16. The maximum absolute atomic E-state index is 11.5. The van der Waals surface area contributed by atoms with Crippen molar-refractivity contribution in [1.29, 1.82) is 0 Å². The van der Waals surface area contributed by atoms with Gasteiger partial charge in [0.1, 0.15) is 0 Å². The first-order valence-corrected chi connectivity index (χ1v) is 5.05. The van der Waals surface area contributed by atoms with E-state index >= 15 is 0 Å². The van der Waals surface area contributed by atoms with Crippen LogP contribution in [0.1, 0.15) is 19.3 Å². The number of carbonyl (C=O) groups excluding carboxylic acids is 2. The summed E-state index contributed by atoms with van der Waals surface area (Å²) in [6, 6.07) is -0.459. The number of carboxylic acids is 1. The van der Waals surface area contributed by atoms with Gasteiger partial charge in [0, 0.05) is 19.5 Å². The van der Waals surface area contributed by atoms with Crippen LogP contribution < -0.4 is 5.32 Å². The molecule has 6 nitrogen and oxygen atoms in total. The van der Waals surface area contributed by atoms with Gasteiger partial charge >= 0.3 is 12.0 Å². The summed E-state index contributed by atoms with van der Waals surface area (Å²) in [6.45, 7) is 1.06. The molecule has 0 saturated carbocycles. The SMILES string of the molecule is O=C(O)CCC(=O)NC(=O)N1CC=CCC1. The number of hydrogen-bond donors (Lipinski definition) is 2. The predicted octanol–water partition coefficient (Wildman–Crippen LogP) is 0.349. The van der Waals surface area contributed by atoms with Crippen LogP contribution in [0, 0.1) is 0 Å². The predicted molar refractivity (Wildman–Crippen MR) is 55.7 cm³/mol. The molecule has 16 heavy (non-hydrogen) atoms. The average Bonchev–Trinajstić information content (AvgIpc) is 2.27. The Bertz CT molecular complexity index is 325. The van der Waals surface area contributed by atoms with Crippen molar-refractivity contribution in [2.24, 2.45) is 0 Å². The van der Waals surface area contributed by atoms with Crippen LogP contribution in [0.4, 0.5) is 4.79 Å². The van der Waals surface area contributed by atoms with E-state index < -0.39 is 17.9 Å². The number of aliphatic carboxylic acids is 1. The standard InChI is InChI=1S/C10H14N2O4/c13-8(4-5-9(14)15)11-10(16)12-6-2-1-3-7-12/h1-2H,3-7H2,(H,14,15)(H,11,13,16). The molecule has 0 fully saturated rings. The zero-order valence-electron chi connectivity index (χ0n) is 8.81. The van der Waals surface area contributed by atoms with Gasteiger partial charge < -0.3 is 10.0 Å². The normalized spacial score (nSPS) is 14.6. The second-order valence-electron chi connectivity index (χ2n) is 3.45. The highest BCUT2D eigenvalue weighted by Crippen LogP contribution is 2.01. The number of rotatable bonds is 3. The van der Waals surface area contributed by atoms with E-state index in [4.69, 9.17) is 5.11 Å². The maximum atomic E-state index is 11.5. The largest absolute Gasteiger partial charge is 0.481 e. The van der Waals surface area contributed by atoms with Crippen LogP contribution in [0.3, 0.4) is 0 Å². The van der Waals surface area contributed by atoms with Crippen LogP contribution in [-0.2, 0) is 9.59 Å². The summed E-state index contributed by atoms with van der Waals surface area (Å²) in [5, 5.41) is 10.5. The molecule has 0 unspecified atom stereocenters. The molecule has 1 heterocycles. The maximum Gasteiger partial charge on any atom is 0.324 e. The van der Waals surface area contributed by atoms with Gasteiger partial charge in [-0.1, -0.05) is 12.2 Å². The third kappa shape index (κ3) is 4.12. The lowest BCUT2D eigenvalue weighted by atomic mass is 10.2. The van der Waals surface area contributed by atoms with Crippen molar-refractivity contribution in [3.8, 4) is 0 Å². The molecule has 0 aromatic rings. The van der Waals surface area contributed by atoms with Gasteiger partial charge in [-0.05, 0) is 6.42 Å². The van der Waals surface area contributed by atoms with Gasteiger partial charge in [0.05, 0.1) is 6.42 Å². The minimum absolute atomic E-state index is 0.176. The Morgan fingerprint density at radius 2 is 2.00 bits per heavy atom. The molecule has 0 saturated heterocycles. The van der Waals surface area contributed by atoms with Gasteiger partial charge in [0.25, 0.3) is 0 Å². The van der Waals surface area contributed by atoms with Crippen LogP contribution in [0.25, 0.3) is 0 Å². The fraction of sp³-hybridized carbons (Fsp3) is 0.500. The summed E-state index contributed by atoms with van der Waals surface area (Å²) in [5.74, 6) is -1.61. The number of hydrogen-bond acceptors (Lipinski definition) is 3. The molecule has 2 N–H and O–H groups in total. The summed E-state index contributed by atoms with van der Waals surface area (Å²) in [4.78, 5) is 34.3. The molecule has 1 aliphatic rings. The van der Waals surface area contributed by atoms with Crippen LogP contribution in [0.5, 0.6) is 0 Å². The van der Waals surface area contributed by atoms with Crippen molar-refractivity contribution in [3.05, 3.63) is 12.2 Å². The van der Waals surface area contributed by atoms with Crippen molar-refractivity contribution in [2.75, 3.05) is 13.1 Å². The highest BCUT2D eigenvalue weighted by Gasteiger charge is 2.16. The molecule has 6 heteroatoms. The molecule has 0 aliphatic carbocycles. The Kier molecular flexibility index (Phi) is 4.50. The van der Waals surface area contributed by atoms with E-state index in [1.165, 1.54) is 4.90 Å². The summed E-state index contributed by atoms with van der Waals surface area (Å²) in [7, 11) is 0. The smallest absolute Gasteiger partial charge is 0.324 e. The number of carbonyl (C=O) groups is 3. The van der Waals surface area contributed by atoms with E-state index in [1.54, 1.807) is 0 Å². The number of nitrogens with one attached hydrogen (secondary N) is 1. The van der Waals surface area contributed by atoms with Crippen LogP contribution in [-0.4, -0.2) is 41.0 Å². The van der Waals surface area contributed by atoms with Gasteiger partial charge in [-0.15, -0.1) is 0 Å². The molecular weight excluding hydrogens is 212 g/mol. The lowest BCUT2D eigenvalue weighted by molar-refractivity contribution is -0.138. The third-order valence-corrected chi connectivity index (χ3v) is 2.16. The Labute approximate surface area is 92.9 Å². The van der Waals surface area contributed by atoms with E-state index in [-0.39, 0.29) is 12.8 Å². The van der Waals surface area contributed by atoms with E-state index in [1.807, 2.05) is 12.2 Å². The van der Waals surface area contributed by atoms with E-state index in [0.29, 0.717) is 13.1 Å². The minimum Gasteiger partial charge on any atom is -0.481 e. The Hall–Kier alpha value is -1.85. The molecule has 1 rings (SSSR count). The van der Waals surface area contributed by atoms with E-state index in [9.17, 15) is 14.4 Å². The fourth-order valence-corrected chi connectivity index (χ4v) is 1.31. The molecule has 0 bridgehead atoms. The summed E-state index contributed by atoms with van der Waals surface area (Å²) >= 11 is 0. The van der Waals surface area contributed by atoms with Gasteiger partial charge in [-0.3, -0.25) is 14.9 Å². The number of urea groups is 1. The quantitative estimate of drug-likeness (QED) is 0.680. The Morgan fingerprint density at radius 3 is 2.56 bits per heavy atom. The zero-order valence-corrected chi connectivity index (χ0v) is 8.81. The number of amides is 3. The van der Waals surface area contributed by atoms with Crippen molar-refractivity contribution in [2.45, 2.75) is 19.3 Å².